The van der Waals surface area contributed by atoms with Gasteiger partial charge in [0.1, 0.15) is 10.8 Å². The van der Waals surface area contributed by atoms with Gasteiger partial charge in [0, 0.05) is 28.5 Å². The minimum Gasteiger partial charge on any atom is -0.507 e. The Morgan fingerprint density at radius 2 is 1.43 bits per heavy atom. The Hall–Kier alpha value is -4.28. The van der Waals surface area contributed by atoms with Gasteiger partial charge in [-0.25, -0.2) is 4.98 Å². The minimum absolute atomic E-state index is 0.0576. The normalized spacial score (nSPS) is 12.5. The molecule has 0 atom stereocenters. The summed E-state index contributed by atoms with van der Waals surface area (Å²) in [6.07, 6.45) is 1.80. The summed E-state index contributed by atoms with van der Waals surface area (Å²) in [4.78, 5) is 10.1. The molecule has 1 aromatic heterocycles. The van der Waals surface area contributed by atoms with Crippen LogP contribution in [0.25, 0.3) is 42.7 Å². The van der Waals surface area contributed by atoms with Crippen molar-refractivity contribution < 1.29 is 5.11 Å². The van der Waals surface area contributed by atoms with Crippen LogP contribution in [0.5, 0.6) is 5.75 Å². The fourth-order valence-electron chi connectivity index (χ4n) is 5.32. The molecule has 0 fully saturated rings. The van der Waals surface area contributed by atoms with Crippen molar-refractivity contribution >= 4 is 44.2 Å². The first kappa shape index (κ1) is 27.9. The third-order valence-electron chi connectivity index (χ3n) is 7.77. The molecule has 4 heteroatoms. The number of nitrogens with zero attached hydrogens (tertiary/aromatic N) is 2. The fourth-order valence-corrected chi connectivity index (χ4v) is 6.35. The summed E-state index contributed by atoms with van der Waals surface area (Å²) in [5.74, 6) is 0.289. The van der Waals surface area contributed by atoms with E-state index < -0.39 is 0 Å². The Morgan fingerprint density at radius 3 is 2.19 bits per heavy atom. The quantitative estimate of drug-likeness (QED) is 0.215. The van der Waals surface area contributed by atoms with E-state index in [0.29, 0.717) is 0 Å². The van der Waals surface area contributed by atoms with Gasteiger partial charge in [-0.05, 0) is 63.1 Å². The van der Waals surface area contributed by atoms with E-state index in [-0.39, 0.29) is 16.6 Å². The van der Waals surface area contributed by atoms with Crippen molar-refractivity contribution in [3.63, 3.8) is 0 Å². The number of hydrogen-bond acceptors (Lipinski definition) is 4. The number of phenolic OH excluding ortho intramolecular Hbond substituents is 1. The topological polar surface area (TPSA) is 45.5 Å². The molecule has 0 spiro atoms. The zero-order valence-electron chi connectivity index (χ0n) is 25.1. The number of aromatic hydroxyl groups is 1. The predicted molar refractivity (Wildman–Crippen MR) is 181 cm³/mol. The van der Waals surface area contributed by atoms with Crippen LogP contribution in [0, 0.1) is 0 Å². The largest absolute Gasteiger partial charge is 0.507 e. The van der Waals surface area contributed by atoms with Crippen molar-refractivity contribution in [2.45, 2.75) is 52.4 Å². The SMILES string of the molecule is CC(C)(C)c1cc(C=Nc2ccccc2-c2nc3c(-c4ccc5ccccc5c4)cccc3s2)c(O)c(C(C)(C)C)c1. The van der Waals surface area contributed by atoms with Gasteiger partial charge in [0.25, 0.3) is 0 Å². The number of para-hydroxylation sites is 2. The lowest BCUT2D eigenvalue weighted by molar-refractivity contribution is 0.444. The molecule has 1 heterocycles. The zero-order valence-corrected chi connectivity index (χ0v) is 25.9. The third kappa shape index (κ3) is 5.35. The molecule has 0 saturated heterocycles. The molecule has 6 rings (SSSR count). The third-order valence-corrected chi connectivity index (χ3v) is 8.82. The molecule has 3 nitrogen and oxygen atoms in total. The molecule has 0 unspecified atom stereocenters. The molecule has 0 saturated carbocycles. The van der Waals surface area contributed by atoms with E-state index in [2.05, 4.69) is 120 Å². The van der Waals surface area contributed by atoms with Gasteiger partial charge in [-0.1, -0.05) is 108 Å². The van der Waals surface area contributed by atoms with Crippen LogP contribution < -0.4 is 0 Å². The highest BCUT2D eigenvalue weighted by atomic mass is 32.1. The summed E-state index contributed by atoms with van der Waals surface area (Å²) in [6, 6.07) is 33.7. The van der Waals surface area contributed by atoms with Gasteiger partial charge in [-0.15, -0.1) is 11.3 Å². The molecule has 6 aromatic rings. The molecule has 42 heavy (non-hydrogen) atoms. The summed E-state index contributed by atoms with van der Waals surface area (Å²) in [5, 5.41) is 14.7. The molecule has 0 amide bonds. The lowest BCUT2D eigenvalue weighted by Gasteiger charge is -2.27. The second-order valence-electron chi connectivity index (χ2n) is 13.0. The molecule has 0 aliphatic carbocycles. The van der Waals surface area contributed by atoms with Crippen molar-refractivity contribution in [1.29, 1.82) is 0 Å². The molecule has 0 aliphatic rings. The number of fused-ring (bicyclic) bond motifs is 2. The molecule has 5 aromatic carbocycles. The van der Waals surface area contributed by atoms with Crippen LogP contribution in [0.2, 0.25) is 0 Å². The Labute approximate surface area is 252 Å². The highest BCUT2D eigenvalue weighted by molar-refractivity contribution is 7.21. The maximum Gasteiger partial charge on any atom is 0.128 e. The molecule has 210 valence electrons. The van der Waals surface area contributed by atoms with Crippen LogP contribution in [-0.4, -0.2) is 16.3 Å². The molecule has 0 aliphatic heterocycles. The lowest BCUT2D eigenvalue weighted by atomic mass is 9.79. The van der Waals surface area contributed by atoms with Gasteiger partial charge in [-0.2, -0.15) is 0 Å². The number of phenols is 1. The smallest absolute Gasteiger partial charge is 0.128 e. The first-order chi connectivity index (χ1) is 20.0. The number of thiazole rings is 1. The molecule has 0 radical (unpaired) electrons. The number of aliphatic imine (C=N–C) groups is 1. The maximum atomic E-state index is 11.3. The Morgan fingerprint density at radius 1 is 0.714 bits per heavy atom. The summed E-state index contributed by atoms with van der Waals surface area (Å²) >= 11 is 1.68. The Kier molecular flexibility index (Phi) is 6.98. The second kappa shape index (κ2) is 10.5. The number of aromatic nitrogens is 1. The second-order valence-corrected chi connectivity index (χ2v) is 14.0. The highest BCUT2D eigenvalue weighted by Crippen LogP contribution is 2.41. The van der Waals surface area contributed by atoms with Crippen molar-refractivity contribution in [3.8, 4) is 27.4 Å². The summed E-state index contributed by atoms with van der Waals surface area (Å²) in [7, 11) is 0. The van der Waals surface area contributed by atoms with Gasteiger partial charge in [0.15, 0.2) is 0 Å². The van der Waals surface area contributed by atoms with Crippen LogP contribution in [0.15, 0.2) is 102 Å². The lowest BCUT2D eigenvalue weighted by Crippen LogP contribution is -2.17. The Balaban J connectivity index is 1.43. The Bertz CT molecular complexity index is 1970. The van der Waals surface area contributed by atoms with Gasteiger partial charge in [-0.3, -0.25) is 4.99 Å². The van der Waals surface area contributed by atoms with Gasteiger partial charge >= 0.3 is 0 Å². The average Bonchev–Trinajstić information content (AvgIpc) is 3.40. The van der Waals surface area contributed by atoms with E-state index >= 15 is 0 Å². The predicted octanol–water partition coefficient (Wildman–Crippen LogP) is 10.8. The van der Waals surface area contributed by atoms with E-state index in [9.17, 15) is 5.11 Å². The minimum atomic E-state index is -0.199. The van der Waals surface area contributed by atoms with Gasteiger partial charge in [0.2, 0.25) is 0 Å². The van der Waals surface area contributed by atoms with Crippen molar-refractivity contribution in [2.75, 3.05) is 0 Å². The van der Waals surface area contributed by atoms with Gasteiger partial charge in [0.05, 0.1) is 15.9 Å². The number of rotatable bonds is 4. The van der Waals surface area contributed by atoms with Crippen LogP contribution in [0.4, 0.5) is 5.69 Å². The summed E-state index contributed by atoms with van der Waals surface area (Å²) in [5.41, 5.74) is 7.65. The first-order valence-corrected chi connectivity index (χ1v) is 15.2. The maximum absolute atomic E-state index is 11.3. The standard InChI is InChI=1S/C38H36N2OS/c1-37(2,3)28-21-27(35(41)31(22-28)38(4,5)6)23-39-32-16-10-9-14-30(32)36-40-34-29(15-11-17-33(34)42-36)26-19-18-24-12-7-8-13-25(24)20-26/h7-23,41H,1-6H3. The first-order valence-electron chi connectivity index (χ1n) is 14.4. The van der Waals surface area contributed by atoms with E-state index in [1.54, 1.807) is 17.6 Å². The highest BCUT2D eigenvalue weighted by Gasteiger charge is 2.24. The average molecular weight is 569 g/mol. The van der Waals surface area contributed by atoms with Crippen LogP contribution >= 0.6 is 11.3 Å². The van der Waals surface area contributed by atoms with Crippen LogP contribution in [0.1, 0.15) is 58.2 Å². The van der Waals surface area contributed by atoms with E-state index in [1.165, 1.54) is 16.3 Å². The van der Waals surface area contributed by atoms with Crippen molar-refractivity contribution in [2.24, 2.45) is 4.99 Å². The van der Waals surface area contributed by atoms with Gasteiger partial charge < -0.3 is 5.11 Å². The fraction of sp³-hybridized carbons (Fsp3) is 0.211. The van der Waals surface area contributed by atoms with Crippen molar-refractivity contribution in [1.82, 2.24) is 4.98 Å². The number of hydrogen-bond donors (Lipinski definition) is 1. The monoisotopic (exact) mass is 568 g/mol. The van der Waals surface area contributed by atoms with E-state index in [1.807, 2.05) is 18.2 Å². The van der Waals surface area contributed by atoms with Crippen LogP contribution in [-0.2, 0) is 10.8 Å². The zero-order chi connectivity index (χ0) is 29.6. The van der Waals surface area contributed by atoms with Crippen molar-refractivity contribution in [3.05, 3.63) is 114 Å². The molecular weight excluding hydrogens is 532 g/mol. The molecular formula is C38H36N2OS. The van der Waals surface area contributed by atoms with E-state index in [0.717, 1.165) is 48.7 Å². The summed E-state index contributed by atoms with van der Waals surface area (Å²) < 4.78 is 1.14. The molecule has 0 bridgehead atoms. The molecule has 1 N–H and O–H groups in total. The van der Waals surface area contributed by atoms with Crippen LogP contribution in [0.3, 0.4) is 0 Å². The summed E-state index contributed by atoms with van der Waals surface area (Å²) in [6.45, 7) is 13.0. The number of benzene rings is 5. The van der Waals surface area contributed by atoms with E-state index in [4.69, 9.17) is 9.98 Å².